The summed E-state index contributed by atoms with van der Waals surface area (Å²) in [4.78, 5) is 0. The lowest BCUT2D eigenvalue weighted by Crippen LogP contribution is -2.34. The molecule has 0 saturated heterocycles. The lowest BCUT2D eigenvalue weighted by Gasteiger charge is -2.29. The second-order valence-electron chi connectivity index (χ2n) is 12.8. The molecule has 1 heteroatoms. The highest BCUT2D eigenvalue weighted by Gasteiger charge is 2.46. The average Bonchev–Trinajstić information content (AvgIpc) is 3.08. The molecular formula is C43H58P+. The monoisotopic (exact) mass is 605 g/mol. The van der Waals surface area contributed by atoms with Crippen LogP contribution in [0.2, 0.25) is 0 Å². The molecule has 44 heavy (non-hydrogen) atoms. The Hall–Kier alpha value is -2.69. The van der Waals surface area contributed by atoms with Gasteiger partial charge in [0.2, 0.25) is 0 Å². The van der Waals surface area contributed by atoms with E-state index in [4.69, 9.17) is 0 Å². The summed E-state index contributed by atoms with van der Waals surface area (Å²) in [5.41, 5.74) is 2.97. The van der Waals surface area contributed by atoms with E-state index in [0.29, 0.717) is 0 Å². The normalized spacial score (nSPS) is 11.6. The fraction of sp³-hybridized carbons (Fsp3) is 0.442. The molecule has 0 radical (unpaired) electrons. The van der Waals surface area contributed by atoms with Gasteiger partial charge in [-0.25, -0.2) is 0 Å². The van der Waals surface area contributed by atoms with Crippen molar-refractivity contribution in [2.24, 2.45) is 0 Å². The maximum Gasteiger partial charge on any atom is 0.116 e. The van der Waals surface area contributed by atoms with E-state index in [-0.39, 0.29) is 0 Å². The van der Waals surface area contributed by atoms with Crippen molar-refractivity contribution in [1.29, 1.82) is 0 Å². The minimum absolute atomic E-state index is 1.05. The predicted octanol–water partition coefficient (Wildman–Crippen LogP) is 12.0. The lowest BCUT2D eigenvalue weighted by atomic mass is 10.0. The molecule has 4 aromatic carbocycles. The molecule has 0 N–H and O–H groups in total. The smallest absolute Gasteiger partial charge is 0.0654 e. The van der Waals surface area contributed by atoms with Crippen LogP contribution in [0.3, 0.4) is 0 Å². The molecule has 0 atom stereocenters. The first-order valence-electron chi connectivity index (χ1n) is 18.0. The molecule has 0 nitrogen and oxygen atoms in total. The number of rotatable bonds is 22. The highest BCUT2D eigenvalue weighted by molar-refractivity contribution is 7.95. The molecule has 0 aromatic heterocycles. The zero-order valence-electron chi connectivity index (χ0n) is 27.6. The SMILES string of the molecule is CCCCCCCCCCCCCCCCCCc1ccccc1[P+](Cc1ccccc1)(c1ccccc1)c1ccccc1. The Morgan fingerprint density at radius 1 is 0.386 bits per heavy atom. The van der Waals surface area contributed by atoms with E-state index < -0.39 is 7.26 Å². The van der Waals surface area contributed by atoms with E-state index in [2.05, 4.69) is 122 Å². The highest BCUT2D eigenvalue weighted by Crippen LogP contribution is 2.58. The molecule has 0 aliphatic carbocycles. The molecule has 0 unspecified atom stereocenters. The molecule has 0 amide bonds. The molecular weight excluding hydrogens is 547 g/mol. The van der Waals surface area contributed by atoms with Crippen LogP contribution in [0.15, 0.2) is 115 Å². The van der Waals surface area contributed by atoms with Gasteiger partial charge in [0.15, 0.2) is 0 Å². The molecule has 0 fully saturated rings. The summed E-state index contributed by atoms with van der Waals surface area (Å²) in [6, 6.07) is 43.4. The Morgan fingerprint density at radius 3 is 1.25 bits per heavy atom. The van der Waals surface area contributed by atoms with Crippen LogP contribution in [0, 0.1) is 0 Å². The van der Waals surface area contributed by atoms with Crippen molar-refractivity contribution in [2.45, 2.75) is 122 Å². The second kappa shape index (κ2) is 20.4. The van der Waals surface area contributed by atoms with Crippen molar-refractivity contribution >= 4 is 23.2 Å². The van der Waals surface area contributed by atoms with E-state index in [0.717, 1.165) is 6.16 Å². The van der Waals surface area contributed by atoms with Gasteiger partial charge in [-0.1, -0.05) is 188 Å². The number of unbranched alkanes of at least 4 members (excludes halogenated alkanes) is 15. The number of benzene rings is 4. The van der Waals surface area contributed by atoms with Crippen LogP contribution in [0.5, 0.6) is 0 Å². The Morgan fingerprint density at radius 2 is 0.773 bits per heavy atom. The molecule has 234 valence electrons. The molecule has 4 rings (SSSR count). The largest absolute Gasteiger partial charge is 0.116 e. The Kier molecular flexibility index (Phi) is 15.8. The average molecular weight is 606 g/mol. The van der Waals surface area contributed by atoms with E-state index in [1.807, 2.05) is 0 Å². The van der Waals surface area contributed by atoms with Gasteiger partial charge in [0.05, 0.1) is 6.16 Å². The number of aryl methyl sites for hydroxylation is 1. The first kappa shape index (κ1) is 34.2. The van der Waals surface area contributed by atoms with Crippen molar-refractivity contribution in [3.05, 3.63) is 126 Å². The van der Waals surface area contributed by atoms with Crippen LogP contribution in [0.4, 0.5) is 0 Å². The summed E-state index contributed by atoms with van der Waals surface area (Å²) >= 11 is 0. The minimum atomic E-state index is -1.90. The van der Waals surface area contributed by atoms with Gasteiger partial charge in [-0.3, -0.25) is 0 Å². The van der Waals surface area contributed by atoms with Gasteiger partial charge < -0.3 is 0 Å². The summed E-state index contributed by atoms with van der Waals surface area (Å²) < 4.78 is 0. The van der Waals surface area contributed by atoms with Crippen molar-refractivity contribution in [3.63, 3.8) is 0 Å². The van der Waals surface area contributed by atoms with Gasteiger partial charge in [-0.05, 0) is 54.3 Å². The van der Waals surface area contributed by atoms with Crippen LogP contribution >= 0.6 is 7.26 Å². The van der Waals surface area contributed by atoms with Crippen molar-refractivity contribution < 1.29 is 0 Å². The quantitative estimate of drug-likeness (QED) is 0.0617. The van der Waals surface area contributed by atoms with Crippen LogP contribution < -0.4 is 15.9 Å². The summed E-state index contributed by atoms with van der Waals surface area (Å²) in [6.45, 7) is 2.30. The van der Waals surface area contributed by atoms with E-state index >= 15 is 0 Å². The van der Waals surface area contributed by atoms with Crippen LogP contribution in [-0.2, 0) is 12.6 Å². The summed E-state index contributed by atoms with van der Waals surface area (Å²) in [6.07, 6.45) is 24.9. The van der Waals surface area contributed by atoms with E-state index in [1.54, 1.807) is 10.9 Å². The van der Waals surface area contributed by atoms with Gasteiger partial charge in [0.25, 0.3) is 0 Å². The first-order chi connectivity index (χ1) is 21.8. The minimum Gasteiger partial charge on any atom is -0.0654 e. The Balaban J connectivity index is 1.32. The van der Waals surface area contributed by atoms with Crippen LogP contribution in [0.25, 0.3) is 0 Å². The van der Waals surface area contributed by atoms with Gasteiger partial charge in [-0.15, -0.1) is 0 Å². The fourth-order valence-electron chi connectivity index (χ4n) is 6.88. The highest BCUT2D eigenvalue weighted by atomic mass is 31.2. The zero-order valence-corrected chi connectivity index (χ0v) is 28.5. The third-order valence-electron chi connectivity index (χ3n) is 9.36. The molecule has 0 aliphatic rings. The Labute approximate surface area is 271 Å². The third-order valence-corrected chi connectivity index (χ3v) is 13.8. The maximum atomic E-state index is 2.46. The van der Waals surface area contributed by atoms with Crippen molar-refractivity contribution in [3.8, 4) is 0 Å². The second-order valence-corrected chi connectivity index (χ2v) is 16.3. The van der Waals surface area contributed by atoms with E-state index in [1.165, 1.54) is 125 Å². The van der Waals surface area contributed by atoms with Crippen LogP contribution in [-0.4, -0.2) is 0 Å². The topological polar surface area (TPSA) is 0 Å². The Bertz CT molecular complexity index is 1220. The summed E-state index contributed by atoms with van der Waals surface area (Å²) in [7, 11) is -1.90. The molecule has 0 bridgehead atoms. The van der Waals surface area contributed by atoms with Gasteiger partial charge >= 0.3 is 0 Å². The van der Waals surface area contributed by atoms with Gasteiger partial charge in [0, 0.05) is 0 Å². The molecule has 0 heterocycles. The number of hydrogen-bond acceptors (Lipinski definition) is 0. The summed E-state index contributed by atoms with van der Waals surface area (Å²) in [5.74, 6) is 0. The number of hydrogen-bond donors (Lipinski definition) is 0. The predicted molar refractivity (Wildman–Crippen MR) is 199 cm³/mol. The van der Waals surface area contributed by atoms with Crippen molar-refractivity contribution in [2.75, 3.05) is 0 Å². The van der Waals surface area contributed by atoms with Gasteiger partial charge in [-0.2, -0.15) is 0 Å². The fourth-order valence-corrected chi connectivity index (χ4v) is 11.4. The standard InChI is InChI=1S/C43H58P/c1-2-3-4-5-6-7-8-9-10-11-12-13-14-15-16-22-31-40-32-27-28-37-43(40)44(41-33-23-18-24-34-41,42-35-25-19-26-36-42)38-39-29-20-17-21-30-39/h17-21,23-30,32-37H,2-16,22,31,38H2,1H3/q+1. The van der Waals surface area contributed by atoms with Gasteiger partial charge in [0.1, 0.15) is 23.2 Å². The molecule has 0 saturated carbocycles. The zero-order chi connectivity index (χ0) is 30.5. The third kappa shape index (κ3) is 10.7. The molecule has 4 aromatic rings. The van der Waals surface area contributed by atoms with Crippen LogP contribution in [0.1, 0.15) is 121 Å². The molecule has 0 spiro atoms. The first-order valence-corrected chi connectivity index (χ1v) is 19.9. The summed E-state index contributed by atoms with van der Waals surface area (Å²) in [5, 5.41) is 4.53. The maximum absolute atomic E-state index is 2.46. The molecule has 0 aliphatic heterocycles. The van der Waals surface area contributed by atoms with Crippen molar-refractivity contribution in [1.82, 2.24) is 0 Å². The lowest BCUT2D eigenvalue weighted by molar-refractivity contribution is 0.529. The van der Waals surface area contributed by atoms with E-state index in [9.17, 15) is 0 Å².